The molecule has 0 atom stereocenters. The van der Waals surface area contributed by atoms with E-state index in [9.17, 15) is 4.79 Å². The molecule has 0 bridgehead atoms. The van der Waals surface area contributed by atoms with E-state index in [1.807, 2.05) is 6.07 Å². The van der Waals surface area contributed by atoms with E-state index in [0.29, 0.717) is 10.0 Å². The molecular weight excluding hydrogens is 260 g/mol. The molecule has 0 unspecified atom stereocenters. The molecule has 0 spiro atoms. The number of benzene rings is 1. The number of nitrogens with two attached hydrogens (primary N) is 1. The average molecular weight is 269 g/mol. The van der Waals surface area contributed by atoms with E-state index in [0.717, 1.165) is 0 Å². The first-order valence-corrected chi connectivity index (χ1v) is 4.94. The second-order valence-electron chi connectivity index (χ2n) is 2.76. The highest BCUT2D eigenvalue weighted by atomic mass is 79.9. The molecule has 4 nitrogen and oxygen atoms in total. The number of methoxy groups -OCH3 is 1. The fourth-order valence-electron chi connectivity index (χ4n) is 1.25. The first-order valence-electron chi connectivity index (χ1n) is 4.15. The Balaban J connectivity index is 3.49. The van der Waals surface area contributed by atoms with E-state index in [2.05, 4.69) is 20.7 Å². The molecule has 0 fully saturated rings. The summed E-state index contributed by atoms with van der Waals surface area (Å²) in [7, 11) is 1.27. The first-order chi connectivity index (χ1) is 7.15. The molecule has 0 aliphatic heterocycles. The fraction of sp³-hybridized carbons (Fsp3) is 0.200. The molecule has 1 aromatic rings. The highest BCUT2D eigenvalue weighted by molar-refractivity contribution is 9.10. The van der Waals surface area contributed by atoms with Crippen molar-refractivity contribution >= 4 is 21.9 Å². The molecule has 1 aromatic carbocycles. The molecule has 2 N–H and O–H groups in total. The Bertz CT molecular complexity index is 438. The van der Waals surface area contributed by atoms with Crippen LogP contribution in [-0.2, 0) is 11.3 Å². The smallest absolute Gasteiger partial charge is 0.339 e. The zero-order chi connectivity index (χ0) is 11.4. The van der Waals surface area contributed by atoms with Crippen molar-refractivity contribution in [1.82, 2.24) is 0 Å². The molecule has 0 aliphatic rings. The summed E-state index contributed by atoms with van der Waals surface area (Å²) in [4.78, 5) is 11.5. The quantitative estimate of drug-likeness (QED) is 0.827. The summed E-state index contributed by atoms with van der Waals surface area (Å²) in [5, 5.41) is 8.86. The lowest BCUT2D eigenvalue weighted by atomic mass is 10.0. The minimum atomic E-state index is -0.548. The lowest BCUT2D eigenvalue weighted by Crippen LogP contribution is -2.12. The van der Waals surface area contributed by atoms with Gasteiger partial charge in [0.2, 0.25) is 0 Å². The van der Waals surface area contributed by atoms with Crippen molar-refractivity contribution in [3.63, 3.8) is 0 Å². The summed E-state index contributed by atoms with van der Waals surface area (Å²) in [5.41, 5.74) is 6.61. The molecule has 0 aliphatic carbocycles. The third-order valence-electron chi connectivity index (χ3n) is 1.97. The minimum Gasteiger partial charge on any atom is -0.465 e. The van der Waals surface area contributed by atoms with Crippen molar-refractivity contribution in [2.24, 2.45) is 5.73 Å². The van der Waals surface area contributed by atoms with Gasteiger partial charge in [-0.1, -0.05) is 15.9 Å². The average Bonchev–Trinajstić information content (AvgIpc) is 2.27. The molecule has 1 rings (SSSR count). The van der Waals surface area contributed by atoms with Gasteiger partial charge in [0.15, 0.2) is 0 Å². The Morgan fingerprint density at radius 1 is 1.67 bits per heavy atom. The van der Waals surface area contributed by atoms with Crippen LogP contribution in [0.25, 0.3) is 0 Å². The molecule has 15 heavy (non-hydrogen) atoms. The monoisotopic (exact) mass is 268 g/mol. The maximum atomic E-state index is 11.5. The van der Waals surface area contributed by atoms with Gasteiger partial charge in [-0.3, -0.25) is 0 Å². The van der Waals surface area contributed by atoms with Crippen LogP contribution in [0.4, 0.5) is 0 Å². The fourth-order valence-corrected chi connectivity index (χ4v) is 1.74. The van der Waals surface area contributed by atoms with Gasteiger partial charge in [-0.25, -0.2) is 4.79 Å². The van der Waals surface area contributed by atoms with Crippen molar-refractivity contribution in [3.8, 4) is 6.07 Å². The van der Waals surface area contributed by atoms with Crippen LogP contribution in [0.3, 0.4) is 0 Å². The van der Waals surface area contributed by atoms with E-state index in [1.165, 1.54) is 7.11 Å². The number of nitriles is 1. The van der Waals surface area contributed by atoms with Crippen molar-refractivity contribution in [2.45, 2.75) is 6.54 Å². The van der Waals surface area contributed by atoms with Gasteiger partial charge in [0.1, 0.15) is 6.07 Å². The molecule has 0 heterocycles. The number of hydrogen-bond acceptors (Lipinski definition) is 4. The van der Waals surface area contributed by atoms with Gasteiger partial charge in [0.25, 0.3) is 0 Å². The van der Waals surface area contributed by atoms with Crippen LogP contribution >= 0.6 is 15.9 Å². The SMILES string of the molecule is COC(=O)c1c(C#N)ccc(Br)c1CN. The predicted molar refractivity (Wildman–Crippen MR) is 58.1 cm³/mol. The third-order valence-corrected chi connectivity index (χ3v) is 2.71. The second kappa shape index (κ2) is 4.91. The van der Waals surface area contributed by atoms with Crippen molar-refractivity contribution in [1.29, 1.82) is 5.26 Å². The van der Waals surface area contributed by atoms with Crippen LogP contribution in [0, 0.1) is 11.3 Å². The Morgan fingerprint density at radius 3 is 2.80 bits per heavy atom. The van der Waals surface area contributed by atoms with Crippen LogP contribution in [-0.4, -0.2) is 13.1 Å². The summed E-state index contributed by atoms with van der Waals surface area (Å²) in [5.74, 6) is -0.548. The number of carbonyl (C=O) groups is 1. The number of esters is 1. The molecule has 0 aromatic heterocycles. The van der Waals surface area contributed by atoms with Gasteiger partial charge < -0.3 is 10.5 Å². The zero-order valence-corrected chi connectivity index (χ0v) is 9.67. The van der Waals surface area contributed by atoms with E-state index >= 15 is 0 Å². The Kier molecular flexibility index (Phi) is 3.83. The van der Waals surface area contributed by atoms with E-state index < -0.39 is 5.97 Å². The number of nitrogens with zero attached hydrogens (tertiary/aromatic N) is 1. The summed E-state index contributed by atoms with van der Waals surface area (Å²) < 4.78 is 5.31. The Hall–Kier alpha value is -1.38. The van der Waals surface area contributed by atoms with Gasteiger partial charge in [-0.15, -0.1) is 0 Å². The molecular formula is C10H9BrN2O2. The van der Waals surface area contributed by atoms with Crippen LogP contribution in [0.5, 0.6) is 0 Å². The van der Waals surface area contributed by atoms with Crippen molar-refractivity contribution in [2.75, 3.05) is 7.11 Å². The first kappa shape index (κ1) is 11.7. The highest BCUT2D eigenvalue weighted by Gasteiger charge is 2.18. The molecule has 0 saturated heterocycles. The number of halogens is 1. The molecule has 0 saturated carbocycles. The molecule has 0 radical (unpaired) electrons. The van der Waals surface area contributed by atoms with Crippen LogP contribution in [0.1, 0.15) is 21.5 Å². The highest BCUT2D eigenvalue weighted by Crippen LogP contribution is 2.24. The molecule has 5 heteroatoms. The maximum Gasteiger partial charge on any atom is 0.339 e. The van der Waals surface area contributed by atoms with Gasteiger partial charge >= 0.3 is 5.97 Å². The Morgan fingerprint density at radius 2 is 2.33 bits per heavy atom. The second-order valence-corrected chi connectivity index (χ2v) is 3.61. The molecule has 0 amide bonds. The summed E-state index contributed by atoms with van der Waals surface area (Å²) >= 11 is 3.27. The number of carbonyl (C=O) groups excluding carboxylic acids is 1. The Labute approximate surface area is 95.8 Å². The van der Waals surface area contributed by atoms with Crippen molar-refractivity contribution < 1.29 is 9.53 Å². The van der Waals surface area contributed by atoms with Gasteiger partial charge in [-0.2, -0.15) is 5.26 Å². The van der Waals surface area contributed by atoms with Crippen molar-refractivity contribution in [3.05, 3.63) is 33.3 Å². The van der Waals surface area contributed by atoms with Gasteiger partial charge in [0.05, 0.1) is 18.2 Å². The third kappa shape index (κ3) is 2.17. The number of ether oxygens (including phenoxy) is 1. The lowest BCUT2D eigenvalue weighted by molar-refractivity contribution is 0.0599. The zero-order valence-electron chi connectivity index (χ0n) is 8.08. The van der Waals surface area contributed by atoms with E-state index in [4.69, 9.17) is 11.0 Å². The minimum absolute atomic E-state index is 0.167. The van der Waals surface area contributed by atoms with Gasteiger partial charge in [0, 0.05) is 11.0 Å². The van der Waals surface area contributed by atoms with Crippen LogP contribution in [0.2, 0.25) is 0 Å². The summed E-state index contributed by atoms with van der Waals surface area (Å²) in [6.45, 7) is 0.167. The van der Waals surface area contributed by atoms with E-state index in [1.54, 1.807) is 12.1 Å². The summed E-state index contributed by atoms with van der Waals surface area (Å²) in [6, 6.07) is 5.17. The maximum absolute atomic E-state index is 11.5. The lowest BCUT2D eigenvalue weighted by Gasteiger charge is -2.09. The number of hydrogen-bond donors (Lipinski definition) is 1. The normalized spacial score (nSPS) is 9.47. The number of rotatable bonds is 2. The van der Waals surface area contributed by atoms with E-state index in [-0.39, 0.29) is 17.7 Å². The van der Waals surface area contributed by atoms with Crippen LogP contribution in [0.15, 0.2) is 16.6 Å². The summed E-state index contributed by atoms with van der Waals surface area (Å²) in [6.07, 6.45) is 0. The standard InChI is InChI=1S/C10H9BrN2O2/c1-15-10(14)9-6(4-12)2-3-8(11)7(9)5-13/h2-3H,5,13H2,1H3. The topological polar surface area (TPSA) is 76.1 Å². The molecule has 78 valence electrons. The van der Waals surface area contributed by atoms with Crippen LogP contribution < -0.4 is 5.73 Å². The van der Waals surface area contributed by atoms with Gasteiger partial charge in [-0.05, 0) is 17.7 Å². The predicted octanol–water partition coefficient (Wildman–Crippen LogP) is 1.57. The largest absolute Gasteiger partial charge is 0.465 e.